The lowest BCUT2D eigenvalue weighted by Gasteiger charge is -2.14. The molecule has 37 heavy (non-hydrogen) atoms. The molecular weight excluding hydrogens is 482 g/mol. The molecule has 0 atom stereocenters. The Kier molecular flexibility index (Phi) is 8.60. The fourth-order valence-electron chi connectivity index (χ4n) is 3.40. The second kappa shape index (κ2) is 12.0. The molecule has 0 aliphatic rings. The number of nitro benzene ring substituents is 1. The first-order chi connectivity index (χ1) is 17.7. The summed E-state index contributed by atoms with van der Waals surface area (Å²) in [6.07, 6.45) is 0.512. The van der Waals surface area contributed by atoms with E-state index in [1.54, 1.807) is 24.3 Å². The van der Waals surface area contributed by atoms with Crippen LogP contribution in [0.4, 0.5) is 27.5 Å². The van der Waals surface area contributed by atoms with Crippen LogP contribution in [0, 0.1) is 10.1 Å². The lowest BCUT2D eigenvalue weighted by atomic mass is 10.1. The van der Waals surface area contributed by atoms with Crippen molar-refractivity contribution in [3.8, 4) is 11.5 Å². The van der Waals surface area contributed by atoms with E-state index in [0.717, 1.165) is 5.56 Å². The van der Waals surface area contributed by atoms with E-state index >= 15 is 0 Å². The molecule has 0 fully saturated rings. The Morgan fingerprint density at radius 1 is 0.892 bits per heavy atom. The number of primary amides is 1. The van der Waals surface area contributed by atoms with E-state index in [1.807, 2.05) is 0 Å². The van der Waals surface area contributed by atoms with Crippen molar-refractivity contribution in [1.29, 1.82) is 0 Å². The summed E-state index contributed by atoms with van der Waals surface area (Å²) in [6, 6.07) is 14.7. The number of non-ortho nitro benzene ring substituents is 1. The van der Waals surface area contributed by atoms with Gasteiger partial charge in [0.1, 0.15) is 0 Å². The van der Waals surface area contributed by atoms with Gasteiger partial charge in [-0.3, -0.25) is 19.7 Å². The van der Waals surface area contributed by atoms with Gasteiger partial charge in [-0.1, -0.05) is 18.2 Å². The Morgan fingerprint density at radius 3 is 2.16 bits per heavy atom. The molecule has 4 amide bonds. The molecule has 12 nitrogen and oxygen atoms in total. The standard InChI is InChI=1S/C25H25N5O7/c1-36-21-13-19(24(26)32)20(14-22(21)37-2)29-23(31)11-8-15-6-9-16(10-7-15)27-25(33)28-17-4-3-5-18(12-17)30(34)35/h3-7,9-10,12-14H,8,11H2,1-2H3,(H2,26,32)(H,29,31)(H2,27,28,33). The van der Waals surface area contributed by atoms with Crippen molar-refractivity contribution in [2.24, 2.45) is 5.73 Å². The van der Waals surface area contributed by atoms with E-state index in [-0.39, 0.29) is 35.0 Å². The number of nitrogens with zero attached hydrogens (tertiary/aromatic N) is 1. The predicted molar refractivity (Wildman–Crippen MR) is 137 cm³/mol. The van der Waals surface area contributed by atoms with Crippen LogP contribution < -0.4 is 31.2 Å². The maximum absolute atomic E-state index is 12.5. The summed E-state index contributed by atoms with van der Waals surface area (Å²) in [5.74, 6) is -0.427. The minimum Gasteiger partial charge on any atom is -0.493 e. The maximum Gasteiger partial charge on any atom is 0.323 e. The minimum absolute atomic E-state index is 0.0878. The average Bonchev–Trinajstić information content (AvgIpc) is 2.87. The Bertz CT molecular complexity index is 1330. The van der Waals surface area contributed by atoms with Crippen LogP contribution in [0.1, 0.15) is 22.3 Å². The van der Waals surface area contributed by atoms with Gasteiger partial charge in [0, 0.05) is 36.0 Å². The zero-order valence-corrected chi connectivity index (χ0v) is 20.1. The number of methoxy groups -OCH3 is 2. The zero-order chi connectivity index (χ0) is 26.9. The average molecular weight is 508 g/mol. The lowest BCUT2D eigenvalue weighted by Crippen LogP contribution is -2.19. The smallest absolute Gasteiger partial charge is 0.323 e. The number of nitrogens with one attached hydrogen (secondary N) is 3. The number of nitro groups is 1. The number of carbonyl (C=O) groups is 3. The lowest BCUT2D eigenvalue weighted by molar-refractivity contribution is -0.384. The van der Waals surface area contributed by atoms with Crippen LogP contribution in [0.2, 0.25) is 0 Å². The van der Waals surface area contributed by atoms with Gasteiger partial charge in [0.05, 0.1) is 30.4 Å². The summed E-state index contributed by atoms with van der Waals surface area (Å²) in [7, 11) is 2.86. The van der Waals surface area contributed by atoms with Crippen molar-refractivity contribution >= 4 is 40.6 Å². The Balaban J connectivity index is 1.56. The Labute approximate surface area is 211 Å². The molecule has 0 unspecified atom stereocenters. The number of rotatable bonds is 10. The summed E-state index contributed by atoms with van der Waals surface area (Å²) in [4.78, 5) is 46.9. The minimum atomic E-state index is -0.728. The van der Waals surface area contributed by atoms with Gasteiger partial charge in [-0.25, -0.2) is 4.79 Å². The number of nitrogens with two attached hydrogens (primary N) is 1. The number of carbonyl (C=O) groups excluding carboxylic acids is 3. The van der Waals surface area contributed by atoms with Crippen LogP contribution in [-0.4, -0.2) is 37.0 Å². The van der Waals surface area contributed by atoms with Gasteiger partial charge in [-0.05, 0) is 36.2 Å². The van der Waals surface area contributed by atoms with E-state index < -0.39 is 16.9 Å². The molecule has 192 valence electrons. The van der Waals surface area contributed by atoms with Gasteiger partial charge in [0.2, 0.25) is 5.91 Å². The molecule has 3 rings (SSSR count). The highest BCUT2D eigenvalue weighted by Crippen LogP contribution is 2.33. The van der Waals surface area contributed by atoms with Gasteiger partial charge in [-0.15, -0.1) is 0 Å². The molecule has 0 radical (unpaired) electrons. The summed E-state index contributed by atoms with van der Waals surface area (Å²) < 4.78 is 10.4. The number of hydrogen-bond donors (Lipinski definition) is 4. The third-order valence-corrected chi connectivity index (χ3v) is 5.23. The second-order valence-electron chi connectivity index (χ2n) is 7.75. The van der Waals surface area contributed by atoms with Gasteiger partial charge >= 0.3 is 6.03 Å². The summed E-state index contributed by atoms with van der Waals surface area (Å²) in [5.41, 5.74) is 7.21. The third-order valence-electron chi connectivity index (χ3n) is 5.23. The molecule has 5 N–H and O–H groups in total. The molecule has 0 bridgehead atoms. The highest BCUT2D eigenvalue weighted by atomic mass is 16.6. The van der Waals surface area contributed by atoms with Crippen LogP contribution in [0.5, 0.6) is 11.5 Å². The van der Waals surface area contributed by atoms with Crippen molar-refractivity contribution in [3.63, 3.8) is 0 Å². The molecular formula is C25H25N5O7. The maximum atomic E-state index is 12.5. The molecule has 0 saturated carbocycles. The van der Waals surface area contributed by atoms with Crippen molar-refractivity contribution in [2.75, 3.05) is 30.2 Å². The van der Waals surface area contributed by atoms with E-state index in [9.17, 15) is 24.5 Å². The number of amides is 4. The predicted octanol–water partition coefficient (Wildman–Crippen LogP) is 3.93. The summed E-state index contributed by atoms with van der Waals surface area (Å²) >= 11 is 0. The van der Waals surface area contributed by atoms with Crippen molar-refractivity contribution in [3.05, 3.63) is 81.9 Å². The largest absolute Gasteiger partial charge is 0.493 e. The molecule has 0 aliphatic heterocycles. The quantitative estimate of drug-likeness (QED) is 0.237. The van der Waals surface area contributed by atoms with E-state index in [4.69, 9.17) is 15.2 Å². The van der Waals surface area contributed by atoms with Crippen molar-refractivity contribution < 1.29 is 28.8 Å². The normalized spacial score (nSPS) is 10.2. The Morgan fingerprint density at radius 2 is 1.54 bits per heavy atom. The van der Waals surface area contributed by atoms with Crippen LogP contribution >= 0.6 is 0 Å². The van der Waals surface area contributed by atoms with Gasteiger partial charge < -0.3 is 31.2 Å². The second-order valence-corrected chi connectivity index (χ2v) is 7.75. The van der Waals surface area contributed by atoms with Crippen LogP contribution in [-0.2, 0) is 11.2 Å². The molecule has 0 spiro atoms. The number of ether oxygens (including phenoxy) is 2. The van der Waals surface area contributed by atoms with Gasteiger partial charge in [0.15, 0.2) is 11.5 Å². The Hall–Kier alpha value is -5.13. The molecule has 0 heterocycles. The van der Waals surface area contributed by atoms with Crippen LogP contribution in [0.25, 0.3) is 0 Å². The van der Waals surface area contributed by atoms with Gasteiger partial charge in [-0.2, -0.15) is 0 Å². The van der Waals surface area contributed by atoms with E-state index in [0.29, 0.717) is 23.6 Å². The summed E-state index contributed by atoms with van der Waals surface area (Å²) in [6.45, 7) is 0. The molecule has 3 aromatic carbocycles. The van der Waals surface area contributed by atoms with Gasteiger partial charge in [0.25, 0.3) is 11.6 Å². The first-order valence-electron chi connectivity index (χ1n) is 11.0. The molecule has 3 aromatic rings. The van der Waals surface area contributed by atoms with Crippen LogP contribution in [0.15, 0.2) is 60.7 Å². The molecule has 0 aromatic heterocycles. The molecule has 0 saturated heterocycles. The number of urea groups is 1. The molecule has 12 heteroatoms. The highest BCUT2D eigenvalue weighted by Gasteiger charge is 2.17. The SMILES string of the molecule is COc1cc(NC(=O)CCc2ccc(NC(=O)Nc3cccc([N+](=O)[O-])c3)cc2)c(C(N)=O)cc1OC. The first-order valence-corrected chi connectivity index (χ1v) is 11.0. The fourth-order valence-corrected chi connectivity index (χ4v) is 3.40. The van der Waals surface area contributed by atoms with Crippen molar-refractivity contribution in [2.45, 2.75) is 12.8 Å². The zero-order valence-electron chi connectivity index (χ0n) is 20.1. The number of anilines is 3. The van der Waals surface area contributed by atoms with E-state index in [2.05, 4.69) is 16.0 Å². The third kappa shape index (κ3) is 7.18. The number of aryl methyl sites for hydroxylation is 1. The monoisotopic (exact) mass is 507 g/mol. The molecule has 0 aliphatic carbocycles. The fraction of sp³-hybridized carbons (Fsp3) is 0.160. The number of hydrogen-bond acceptors (Lipinski definition) is 7. The highest BCUT2D eigenvalue weighted by molar-refractivity contribution is 6.04. The van der Waals surface area contributed by atoms with E-state index in [1.165, 1.54) is 50.6 Å². The first kappa shape index (κ1) is 26.5. The van der Waals surface area contributed by atoms with Crippen LogP contribution in [0.3, 0.4) is 0 Å². The number of benzene rings is 3. The summed E-state index contributed by atoms with van der Waals surface area (Å²) in [5, 5.41) is 18.7. The van der Waals surface area contributed by atoms with Crippen molar-refractivity contribution in [1.82, 2.24) is 0 Å². The topological polar surface area (TPSA) is 175 Å².